The second kappa shape index (κ2) is 8.39. The van der Waals surface area contributed by atoms with Gasteiger partial charge in [-0.3, -0.25) is 9.80 Å². The van der Waals surface area contributed by atoms with Crippen LogP contribution in [0.15, 0.2) is 42.5 Å². The lowest BCUT2D eigenvalue weighted by Gasteiger charge is -2.44. The first-order chi connectivity index (χ1) is 14.4. The van der Waals surface area contributed by atoms with Gasteiger partial charge in [0.2, 0.25) is 0 Å². The highest BCUT2D eigenvalue weighted by Crippen LogP contribution is 2.32. The van der Waals surface area contributed by atoms with Crippen LogP contribution in [0.1, 0.15) is 28.8 Å². The third kappa shape index (κ3) is 4.14. The van der Waals surface area contributed by atoms with Gasteiger partial charge in [-0.25, -0.2) is 18.4 Å². The van der Waals surface area contributed by atoms with Crippen LogP contribution in [0.25, 0.3) is 0 Å². The van der Waals surface area contributed by atoms with Crippen LogP contribution in [0.2, 0.25) is 0 Å². The molecule has 6 nitrogen and oxygen atoms in total. The average Bonchev–Trinajstić information content (AvgIpc) is 2.74. The van der Waals surface area contributed by atoms with Gasteiger partial charge in [-0.2, -0.15) is 0 Å². The molecule has 0 aromatic heterocycles. The molecule has 30 heavy (non-hydrogen) atoms. The molecule has 0 aliphatic carbocycles. The summed E-state index contributed by atoms with van der Waals surface area (Å²) in [6.07, 6.45) is 0.667. The number of hydrogen-bond donors (Lipinski definition) is 1. The third-order valence-corrected chi connectivity index (χ3v) is 5.79. The second-order valence-corrected chi connectivity index (χ2v) is 7.72. The molecule has 0 saturated carbocycles. The minimum absolute atomic E-state index is 0.0206. The van der Waals surface area contributed by atoms with Crippen molar-refractivity contribution in [3.05, 3.63) is 65.2 Å². The Bertz CT molecular complexity index is 940. The second-order valence-electron chi connectivity index (χ2n) is 7.72. The van der Waals surface area contributed by atoms with E-state index in [1.807, 2.05) is 0 Å². The number of para-hydroxylation sites is 1. The minimum Gasteiger partial charge on any atom is -0.478 e. The van der Waals surface area contributed by atoms with Crippen LogP contribution in [-0.4, -0.2) is 47.8 Å². The number of carboxylic acids is 1. The fourth-order valence-electron chi connectivity index (χ4n) is 4.20. The molecular weight excluding hydrogens is 394 g/mol. The van der Waals surface area contributed by atoms with Crippen molar-refractivity contribution in [2.75, 3.05) is 24.5 Å². The Labute approximate surface area is 172 Å². The lowest BCUT2D eigenvalue weighted by Crippen LogP contribution is -2.53. The normalized spacial score (nSPS) is 22.5. The van der Waals surface area contributed by atoms with Gasteiger partial charge in [-0.15, -0.1) is 0 Å². The van der Waals surface area contributed by atoms with Crippen molar-refractivity contribution in [3.63, 3.8) is 0 Å². The van der Waals surface area contributed by atoms with Crippen molar-refractivity contribution in [1.29, 1.82) is 0 Å². The van der Waals surface area contributed by atoms with Crippen molar-refractivity contribution >= 4 is 17.7 Å². The molecule has 3 aliphatic rings. The van der Waals surface area contributed by atoms with Crippen molar-refractivity contribution in [2.45, 2.75) is 25.5 Å². The number of hydrogen-bond acceptors (Lipinski definition) is 4. The molecule has 2 aromatic carbocycles. The maximum absolute atomic E-state index is 14.5. The summed E-state index contributed by atoms with van der Waals surface area (Å²) < 4.78 is 34.7. The highest BCUT2D eigenvalue weighted by molar-refractivity contribution is 5.89. The number of halogens is 2. The van der Waals surface area contributed by atoms with Crippen LogP contribution >= 0.6 is 0 Å². The van der Waals surface area contributed by atoms with Gasteiger partial charge in [0.15, 0.2) is 0 Å². The van der Waals surface area contributed by atoms with Crippen LogP contribution < -0.4 is 4.90 Å². The Morgan fingerprint density at radius 2 is 1.77 bits per heavy atom. The molecule has 2 bridgehead atoms. The van der Waals surface area contributed by atoms with E-state index in [4.69, 9.17) is 4.74 Å². The predicted molar refractivity (Wildman–Crippen MR) is 105 cm³/mol. The first kappa shape index (κ1) is 20.3. The Kier molecular flexibility index (Phi) is 5.67. The number of benzene rings is 2. The molecule has 3 saturated heterocycles. The zero-order chi connectivity index (χ0) is 21.3. The van der Waals surface area contributed by atoms with Gasteiger partial charge in [-0.05, 0) is 61.7 Å². The van der Waals surface area contributed by atoms with Crippen LogP contribution in [-0.2, 0) is 11.3 Å². The molecule has 1 N–H and O–H groups in total. The molecule has 8 heteroatoms. The molecule has 5 rings (SSSR count). The quantitative estimate of drug-likeness (QED) is 0.801. The number of rotatable bonds is 5. The molecule has 3 aliphatic heterocycles. The van der Waals surface area contributed by atoms with E-state index in [2.05, 4.69) is 4.90 Å². The molecule has 3 heterocycles. The van der Waals surface area contributed by atoms with E-state index in [1.54, 1.807) is 6.07 Å². The highest BCUT2D eigenvalue weighted by atomic mass is 19.1. The van der Waals surface area contributed by atoms with Gasteiger partial charge in [0.05, 0.1) is 12.1 Å². The highest BCUT2D eigenvalue weighted by Gasteiger charge is 2.38. The summed E-state index contributed by atoms with van der Waals surface area (Å²) in [6.45, 7) is 2.32. The van der Waals surface area contributed by atoms with Crippen molar-refractivity contribution in [2.24, 2.45) is 5.92 Å². The van der Waals surface area contributed by atoms with Gasteiger partial charge in [0, 0.05) is 6.54 Å². The van der Waals surface area contributed by atoms with E-state index in [-0.39, 0.29) is 24.1 Å². The number of fused-ring (bicyclic) bond motifs is 3. The molecule has 2 aromatic rings. The number of carbonyl (C=O) groups excluding carboxylic acids is 1. The largest absolute Gasteiger partial charge is 0.478 e. The number of ether oxygens (including phenoxy) is 1. The summed E-state index contributed by atoms with van der Waals surface area (Å²) >= 11 is 0. The van der Waals surface area contributed by atoms with Gasteiger partial charge < -0.3 is 9.84 Å². The van der Waals surface area contributed by atoms with Gasteiger partial charge in [0.25, 0.3) is 0 Å². The van der Waals surface area contributed by atoms with Gasteiger partial charge in [0.1, 0.15) is 23.4 Å². The molecule has 0 unspecified atom stereocenters. The van der Waals surface area contributed by atoms with E-state index >= 15 is 0 Å². The van der Waals surface area contributed by atoms with Crippen molar-refractivity contribution in [1.82, 2.24) is 4.90 Å². The molecule has 0 spiro atoms. The number of carboxylic acid groups (broad SMARTS) is 1. The summed E-state index contributed by atoms with van der Waals surface area (Å²) in [6, 6.07) is 9.26. The SMILES string of the molecule is O=C(O)c1cccc(CN(C(=O)O[C@H]2CN3CCC2CC3)c2c(F)cccc2F)c1. The van der Waals surface area contributed by atoms with E-state index in [0.29, 0.717) is 12.1 Å². The molecule has 0 radical (unpaired) electrons. The Morgan fingerprint density at radius 3 is 2.37 bits per heavy atom. The monoisotopic (exact) mass is 416 g/mol. The smallest absolute Gasteiger partial charge is 0.415 e. The first-order valence-corrected chi connectivity index (χ1v) is 9.89. The van der Waals surface area contributed by atoms with Crippen LogP contribution in [0.4, 0.5) is 19.3 Å². The summed E-state index contributed by atoms with van der Waals surface area (Å²) in [5.74, 6) is -2.68. The van der Waals surface area contributed by atoms with Gasteiger partial charge >= 0.3 is 12.1 Å². The molecule has 1 atom stereocenters. The van der Waals surface area contributed by atoms with Gasteiger partial charge in [-0.1, -0.05) is 18.2 Å². The lowest BCUT2D eigenvalue weighted by molar-refractivity contribution is -0.0312. The number of piperidine rings is 3. The van der Waals surface area contributed by atoms with Crippen molar-refractivity contribution in [3.8, 4) is 0 Å². The zero-order valence-corrected chi connectivity index (χ0v) is 16.3. The zero-order valence-electron chi connectivity index (χ0n) is 16.3. The Morgan fingerprint density at radius 1 is 1.10 bits per heavy atom. The number of nitrogens with zero attached hydrogens (tertiary/aromatic N) is 2. The molecule has 3 fully saturated rings. The van der Waals surface area contributed by atoms with Crippen LogP contribution in [0, 0.1) is 17.6 Å². The molecule has 158 valence electrons. The summed E-state index contributed by atoms with van der Waals surface area (Å²) in [5, 5.41) is 9.20. The van der Waals surface area contributed by atoms with E-state index in [0.717, 1.165) is 43.0 Å². The Balaban J connectivity index is 1.63. The fraction of sp³-hybridized carbons (Fsp3) is 0.364. The maximum Gasteiger partial charge on any atom is 0.415 e. The number of aromatic carboxylic acids is 1. The van der Waals surface area contributed by atoms with E-state index < -0.39 is 29.4 Å². The minimum atomic E-state index is -1.13. The van der Waals surface area contributed by atoms with Crippen LogP contribution in [0.3, 0.4) is 0 Å². The first-order valence-electron chi connectivity index (χ1n) is 9.89. The number of carbonyl (C=O) groups is 2. The maximum atomic E-state index is 14.5. The molecular formula is C22H22F2N2O4. The fourth-order valence-corrected chi connectivity index (χ4v) is 4.20. The summed E-state index contributed by atoms with van der Waals surface area (Å²) in [5.41, 5.74) is -0.0693. The average molecular weight is 416 g/mol. The molecule has 1 amide bonds. The van der Waals surface area contributed by atoms with Crippen LogP contribution in [0.5, 0.6) is 0 Å². The Hall–Kier alpha value is -3.00. The predicted octanol–water partition coefficient (Wildman–Crippen LogP) is 3.90. The van der Waals surface area contributed by atoms with E-state index in [9.17, 15) is 23.5 Å². The third-order valence-electron chi connectivity index (χ3n) is 5.79. The summed E-state index contributed by atoms with van der Waals surface area (Å²) in [7, 11) is 0. The lowest BCUT2D eigenvalue weighted by atomic mass is 9.86. The van der Waals surface area contributed by atoms with Crippen molar-refractivity contribution < 1.29 is 28.2 Å². The standard InChI is InChI=1S/C22H22F2N2O4/c23-17-5-2-6-18(24)20(17)26(12-14-3-1-4-16(11-14)21(27)28)22(29)30-19-13-25-9-7-15(19)8-10-25/h1-6,11,15,19H,7-10,12-13H2,(H,27,28)/t19-/m0/s1. The van der Waals surface area contributed by atoms with E-state index in [1.165, 1.54) is 24.3 Å². The number of anilines is 1. The number of amides is 1. The topological polar surface area (TPSA) is 70.1 Å². The summed E-state index contributed by atoms with van der Waals surface area (Å²) in [4.78, 5) is 27.4.